The zero-order chi connectivity index (χ0) is 28.0. The summed E-state index contributed by atoms with van der Waals surface area (Å²) in [4.78, 5) is 15.7. The van der Waals surface area contributed by atoms with Crippen molar-refractivity contribution in [1.29, 1.82) is 0 Å². The number of halogens is 3. The number of hydrogen-bond donors (Lipinski definition) is 0. The Hall–Kier alpha value is -3.44. The first-order valence-corrected chi connectivity index (χ1v) is 13.8. The zero-order valence-electron chi connectivity index (χ0n) is 22.6. The number of alkyl halides is 3. The van der Waals surface area contributed by atoms with Gasteiger partial charge in [-0.25, -0.2) is 4.79 Å². The highest BCUT2D eigenvalue weighted by Gasteiger charge is 2.35. The van der Waals surface area contributed by atoms with E-state index < -0.39 is 17.4 Å². The van der Waals surface area contributed by atoms with E-state index in [1.54, 1.807) is 12.4 Å². The van der Waals surface area contributed by atoms with Crippen molar-refractivity contribution in [3.8, 4) is 5.69 Å². The van der Waals surface area contributed by atoms with E-state index in [2.05, 4.69) is 15.1 Å². The van der Waals surface area contributed by atoms with Gasteiger partial charge in [0.2, 0.25) is 0 Å². The molecule has 2 fully saturated rings. The molecule has 0 bridgehead atoms. The lowest BCUT2D eigenvalue weighted by molar-refractivity contribution is -0.136. The van der Waals surface area contributed by atoms with E-state index in [0.717, 1.165) is 22.2 Å². The molecule has 2 aliphatic rings. The molecule has 8 nitrogen and oxygen atoms in total. The van der Waals surface area contributed by atoms with Crippen LogP contribution in [0.3, 0.4) is 0 Å². The van der Waals surface area contributed by atoms with Gasteiger partial charge < -0.3 is 9.30 Å². The van der Waals surface area contributed by atoms with Crippen molar-refractivity contribution in [3.05, 3.63) is 82.1 Å². The lowest BCUT2D eigenvalue weighted by Gasteiger charge is -2.31. The summed E-state index contributed by atoms with van der Waals surface area (Å²) >= 11 is 0. The third-order valence-corrected chi connectivity index (χ3v) is 8.26. The van der Waals surface area contributed by atoms with Gasteiger partial charge in [0.15, 0.2) is 0 Å². The SMILES string of the molecule is C[C@@H]1CN(Cc2cc(C(F)(F)F)c3cn(-c4cccc([C@@H](CC5CCC5)c5nncn5C)c4)c(=O)n3c2)CCO1. The van der Waals surface area contributed by atoms with Crippen molar-refractivity contribution in [3.63, 3.8) is 0 Å². The molecular formula is C29H33F3N6O2. The molecule has 0 amide bonds. The van der Waals surface area contributed by atoms with Gasteiger partial charge in [-0.05, 0) is 48.6 Å². The molecule has 1 aliphatic carbocycles. The van der Waals surface area contributed by atoms with E-state index in [-0.39, 0.29) is 17.5 Å². The summed E-state index contributed by atoms with van der Waals surface area (Å²) in [6.07, 6.45) is 4.37. The molecule has 4 aromatic rings. The largest absolute Gasteiger partial charge is 0.418 e. The second-order valence-corrected chi connectivity index (χ2v) is 11.2. The van der Waals surface area contributed by atoms with Gasteiger partial charge in [-0.2, -0.15) is 13.2 Å². The number of aryl methyl sites for hydroxylation is 1. The Bertz CT molecular complexity index is 1570. The molecule has 0 unspecified atom stereocenters. The molecule has 0 N–H and O–H groups in total. The molecule has 1 aliphatic heterocycles. The van der Waals surface area contributed by atoms with Crippen molar-refractivity contribution in [1.82, 2.24) is 28.6 Å². The van der Waals surface area contributed by atoms with Crippen LogP contribution in [-0.2, 0) is 24.5 Å². The van der Waals surface area contributed by atoms with Crippen LogP contribution in [-0.4, -0.2) is 54.4 Å². The predicted octanol–water partition coefficient (Wildman–Crippen LogP) is 4.78. The number of benzene rings is 1. The minimum atomic E-state index is -4.61. The van der Waals surface area contributed by atoms with Crippen molar-refractivity contribution in [2.24, 2.45) is 13.0 Å². The Labute approximate surface area is 230 Å². The minimum absolute atomic E-state index is 0.00492. The average molecular weight is 555 g/mol. The van der Waals surface area contributed by atoms with Gasteiger partial charge in [0, 0.05) is 45.0 Å². The number of hydrogen-bond acceptors (Lipinski definition) is 5. The summed E-state index contributed by atoms with van der Waals surface area (Å²) in [5, 5.41) is 8.43. The molecule has 11 heteroatoms. The second-order valence-electron chi connectivity index (χ2n) is 11.2. The van der Waals surface area contributed by atoms with Gasteiger partial charge in [0.25, 0.3) is 0 Å². The summed E-state index contributed by atoms with van der Waals surface area (Å²) in [5.74, 6) is 1.39. The molecule has 6 rings (SSSR count). The number of morpholine rings is 1. The standard InChI is InChI=1S/C29H33F3N6O2/c1-19-14-36(9-10-40-19)15-21-12-25(29(30,31)32)26-17-37(28(39)38(26)16-21)23-8-4-7-22(13-23)24(11-20-5-3-6-20)27-34-33-18-35(27)2/h4,7-8,12-13,16-20,24H,3,5-6,9-11,14-15H2,1-2H3/t19-,24-/m1/s1. The first-order chi connectivity index (χ1) is 19.2. The molecule has 40 heavy (non-hydrogen) atoms. The maximum atomic E-state index is 14.2. The van der Waals surface area contributed by atoms with Crippen LogP contribution in [0.15, 0.2) is 53.8 Å². The number of ether oxygens (including phenoxy) is 1. The topological polar surface area (TPSA) is 69.6 Å². The Kier molecular flexibility index (Phi) is 7.03. The highest BCUT2D eigenvalue weighted by Crippen LogP contribution is 2.39. The number of aromatic nitrogens is 5. The normalized spacial score (nSPS) is 19.7. The number of rotatable bonds is 7. The first-order valence-electron chi connectivity index (χ1n) is 13.8. The molecule has 1 aromatic carbocycles. The highest BCUT2D eigenvalue weighted by atomic mass is 19.4. The summed E-state index contributed by atoms with van der Waals surface area (Å²) in [5.41, 5.74) is 0.389. The van der Waals surface area contributed by atoms with E-state index in [1.807, 2.05) is 36.7 Å². The third kappa shape index (κ3) is 5.19. The Morgan fingerprint density at radius 2 is 2.00 bits per heavy atom. The van der Waals surface area contributed by atoms with Crippen LogP contribution in [0, 0.1) is 5.92 Å². The summed E-state index contributed by atoms with van der Waals surface area (Å²) in [6, 6.07) is 8.65. The van der Waals surface area contributed by atoms with E-state index in [9.17, 15) is 18.0 Å². The second kappa shape index (κ2) is 10.5. The molecule has 0 spiro atoms. The smallest absolute Gasteiger partial charge is 0.376 e. The quantitative estimate of drug-likeness (QED) is 0.329. The van der Waals surface area contributed by atoms with Crippen LogP contribution in [0.5, 0.6) is 0 Å². The monoisotopic (exact) mass is 554 g/mol. The summed E-state index contributed by atoms with van der Waals surface area (Å²) in [7, 11) is 1.91. The third-order valence-electron chi connectivity index (χ3n) is 8.26. The van der Waals surface area contributed by atoms with E-state index in [4.69, 9.17) is 4.74 Å². The maximum absolute atomic E-state index is 14.2. The van der Waals surface area contributed by atoms with Crippen LogP contribution in [0.25, 0.3) is 11.2 Å². The van der Waals surface area contributed by atoms with Crippen molar-refractivity contribution < 1.29 is 17.9 Å². The minimum Gasteiger partial charge on any atom is -0.376 e. The fourth-order valence-corrected chi connectivity index (χ4v) is 5.99. The van der Waals surface area contributed by atoms with Crippen LogP contribution < -0.4 is 5.69 Å². The number of pyridine rings is 1. The molecular weight excluding hydrogens is 521 g/mol. The first kappa shape index (κ1) is 26.8. The molecule has 0 radical (unpaired) electrons. The Morgan fingerprint density at radius 1 is 1.18 bits per heavy atom. The van der Waals surface area contributed by atoms with Gasteiger partial charge >= 0.3 is 11.9 Å². The zero-order valence-corrected chi connectivity index (χ0v) is 22.6. The van der Waals surface area contributed by atoms with Crippen LogP contribution >= 0.6 is 0 Å². The predicted molar refractivity (Wildman–Crippen MR) is 143 cm³/mol. The van der Waals surface area contributed by atoms with Gasteiger partial charge in [-0.1, -0.05) is 31.4 Å². The van der Waals surface area contributed by atoms with Gasteiger partial charge in [-0.15, -0.1) is 10.2 Å². The van der Waals surface area contributed by atoms with Gasteiger partial charge in [-0.3, -0.25) is 13.9 Å². The van der Waals surface area contributed by atoms with E-state index in [1.165, 1.54) is 42.3 Å². The van der Waals surface area contributed by atoms with Crippen molar-refractivity contribution in [2.75, 3.05) is 19.7 Å². The van der Waals surface area contributed by atoms with Crippen molar-refractivity contribution >= 4 is 5.52 Å². The number of fused-ring (bicyclic) bond motifs is 1. The Balaban J connectivity index is 1.40. The lowest BCUT2D eigenvalue weighted by atomic mass is 9.77. The molecule has 2 atom stereocenters. The average Bonchev–Trinajstić information content (AvgIpc) is 3.45. The number of nitrogens with zero attached hydrogens (tertiary/aromatic N) is 6. The lowest BCUT2D eigenvalue weighted by Crippen LogP contribution is -2.40. The van der Waals surface area contributed by atoms with Crippen LogP contribution in [0.4, 0.5) is 13.2 Å². The van der Waals surface area contributed by atoms with Crippen molar-refractivity contribution in [2.45, 2.75) is 57.3 Å². The van der Waals surface area contributed by atoms with Gasteiger partial charge in [0.05, 0.1) is 29.5 Å². The number of imidazole rings is 1. The molecule has 4 heterocycles. The maximum Gasteiger partial charge on any atom is 0.418 e. The van der Waals surface area contributed by atoms with Gasteiger partial charge in [0.1, 0.15) is 12.2 Å². The van der Waals surface area contributed by atoms with Crippen LogP contribution in [0.2, 0.25) is 0 Å². The molecule has 1 saturated carbocycles. The molecule has 3 aromatic heterocycles. The fourth-order valence-electron chi connectivity index (χ4n) is 5.99. The van der Waals surface area contributed by atoms with Crippen LogP contribution in [0.1, 0.15) is 61.0 Å². The highest BCUT2D eigenvalue weighted by molar-refractivity contribution is 5.58. The Morgan fingerprint density at radius 3 is 2.67 bits per heavy atom. The molecule has 1 saturated heterocycles. The summed E-state index contributed by atoms with van der Waals surface area (Å²) in [6.45, 7) is 4.02. The van der Waals surface area contributed by atoms with E-state index >= 15 is 0 Å². The summed E-state index contributed by atoms with van der Waals surface area (Å²) < 4.78 is 52.6. The van der Waals surface area contributed by atoms with E-state index in [0.29, 0.717) is 43.4 Å². The molecule has 212 valence electrons. The fraction of sp³-hybridized carbons (Fsp3) is 0.483.